The summed E-state index contributed by atoms with van der Waals surface area (Å²) in [7, 11) is -2.47. The SMILES string of the molecule is CC[C@@H]1C[C@@H](C)CC/C=C\[C@@H]2C[C@@]2(C(=O)NS(=O)(=O)C2(C)CC2)CC(=O)[C@@H]2C[C@@H](Oc3ncc(OC)c4ccccc34)CN2C(=O)[C@H]1CC(=O)OC(C)(C)C(F)F. The van der Waals surface area contributed by atoms with Gasteiger partial charge < -0.3 is 19.1 Å². The molecule has 7 atom stereocenters. The molecule has 3 fully saturated rings. The lowest BCUT2D eigenvalue weighted by Crippen LogP contribution is -2.48. The minimum Gasteiger partial charge on any atom is -0.494 e. The Bertz CT molecular complexity index is 2020. The number of hydrogen-bond donors (Lipinski definition) is 1. The number of allylic oxidation sites excluding steroid dienone is 2. The number of Topliss-reactive ketones (excluding diaryl/α,β-unsaturated/α-hetero) is 1. The Morgan fingerprint density at radius 2 is 1.82 bits per heavy atom. The zero-order chi connectivity index (χ0) is 41.5. The van der Waals surface area contributed by atoms with Gasteiger partial charge in [-0.15, -0.1) is 0 Å². The van der Waals surface area contributed by atoms with E-state index in [9.17, 15) is 36.4 Å². The van der Waals surface area contributed by atoms with Crippen LogP contribution in [-0.4, -0.2) is 84.4 Å². The van der Waals surface area contributed by atoms with E-state index in [1.165, 1.54) is 18.2 Å². The van der Waals surface area contributed by atoms with Gasteiger partial charge in [0, 0.05) is 23.6 Å². The summed E-state index contributed by atoms with van der Waals surface area (Å²) < 4.78 is 72.5. The van der Waals surface area contributed by atoms with Crippen molar-refractivity contribution in [3.05, 3.63) is 42.6 Å². The lowest BCUT2D eigenvalue weighted by molar-refractivity contribution is -0.174. The number of methoxy groups -OCH3 is 1. The largest absolute Gasteiger partial charge is 0.494 e. The number of carbonyl (C=O) groups excluding carboxylic acids is 4. The third-order valence-electron chi connectivity index (χ3n) is 12.6. The van der Waals surface area contributed by atoms with Gasteiger partial charge in [0.1, 0.15) is 11.9 Å². The van der Waals surface area contributed by atoms with Crippen LogP contribution < -0.4 is 14.2 Å². The molecule has 2 aliphatic heterocycles. The summed E-state index contributed by atoms with van der Waals surface area (Å²) in [6, 6.07) is 6.24. The van der Waals surface area contributed by atoms with Crippen molar-refractivity contribution in [3.8, 4) is 11.6 Å². The number of fused-ring (bicyclic) bond motifs is 3. The molecule has 0 radical (unpaired) electrons. The van der Waals surface area contributed by atoms with Gasteiger partial charge in [-0.2, -0.15) is 0 Å². The summed E-state index contributed by atoms with van der Waals surface area (Å²) in [4.78, 5) is 63.0. The molecule has 6 rings (SSSR count). The topological polar surface area (TPSA) is 158 Å². The Morgan fingerprint density at radius 1 is 1.12 bits per heavy atom. The van der Waals surface area contributed by atoms with Gasteiger partial charge in [0.2, 0.25) is 27.7 Å². The van der Waals surface area contributed by atoms with Gasteiger partial charge >= 0.3 is 5.97 Å². The predicted molar refractivity (Wildman–Crippen MR) is 208 cm³/mol. The minimum absolute atomic E-state index is 0.0317. The molecule has 1 aromatic carbocycles. The maximum atomic E-state index is 15.0. The molecular weight excluding hydrogens is 761 g/mol. The second-order valence-corrected chi connectivity index (χ2v) is 19.6. The number of alkyl halides is 2. The molecule has 2 aliphatic carbocycles. The number of nitrogens with zero attached hydrogens (tertiary/aromatic N) is 2. The average molecular weight is 816 g/mol. The van der Waals surface area contributed by atoms with Crippen molar-refractivity contribution >= 4 is 44.4 Å². The van der Waals surface area contributed by atoms with Crippen molar-refractivity contribution in [2.45, 2.75) is 128 Å². The van der Waals surface area contributed by atoms with Gasteiger partial charge in [0.05, 0.1) is 48.4 Å². The number of rotatable bonds is 11. The number of benzene rings is 1. The number of ketones is 1. The van der Waals surface area contributed by atoms with Crippen LogP contribution in [-0.2, 0) is 33.9 Å². The molecule has 12 nitrogen and oxygen atoms in total. The minimum atomic E-state index is -4.00. The number of nitrogens with one attached hydrogen (secondary N) is 1. The van der Waals surface area contributed by atoms with Crippen molar-refractivity contribution in [1.29, 1.82) is 0 Å². The van der Waals surface area contributed by atoms with Crippen LogP contribution >= 0.6 is 0 Å². The van der Waals surface area contributed by atoms with Crippen molar-refractivity contribution < 1.29 is 50.6 Å². The smallest absolute Gasteiger partial charge is 0.307 e. The molecule has 0 bridgehead atoms. The van der Waals surface area contributed by atoms with Crippen LogP contribution in [0.5, 0.6) is 11.6 Å². The molecule has 2 amide bonds. The van der Waals surface area contributed by atoms with E-state index in [0.29, 0.717) is 43.2 Å². The van der Waals surface area contributed by atoms with E-state index in [1.54, 1.807) is 6.92 Å². The number of halogens is 2. The Morgan fingerprint density at radius 3 is 2.47 bits per heavy atom. The van der Waals surface area contributed by atoms with Gasteiger partial charge in [0.15, 0.2) is 11.4 Å². The molecule has 1 saturated heterocycles. The third-order valence-corrected chi connectivity index (χ3v) is 14.8. The highest BCUT2D eigenvalue weighted by Crippen LogP contribution is 2.58. The number of sulfonamides is 1. The van der Waals surface area contributed by atoms with Crippen molar-refractivity contribution in [1.82, 2.24) is 14.6 Å². The van der Waals surface area contributed by atoms with E-state index in [1.807, 2.05) is 50.3 Å². The first-order chi connectivity index (χ1) is 26.8. The number of ether oxygens (including phenoxy) is 3. The van der Waals surface area contributed by atoms with Crippen LogP contribution in [0.3, 0.4) is 0 Å². The van der Waals surface area contributed by atoms with E-state index in [4.69, 9.17) is 14.2 Å². The molecule has 312 valence electrons. The quantitative estimate of drug-likeness (QED) is 0.195. The van der Waals surface area contributed by atoms with Gasteiger partial charge in [0.25, 0.3) is 6.43 Å². The maximum absolute atomic E-state index is 15.0. The summed E-state index contributed by atoms with van der Waals surface area (Å²) in [6.45, 7) is 7.70. The number of aromatic nitrogens is 1. The van der Waals surface area contributed by atoms with Crippen LogP contribution in [0.1, 0.15) is 98.8 Å². The lowest BCUT2D eigenvalue weighted by Gasteiger charge is -2.34. The summed E-state index contributed by atoms with van der Waals surface area (Å²) in [6.07, 6.45) is 4.43. The molecule has 2 aromatic rings. The number of pyridine rings is 1. The van der Waals surface area contributed by atoms with E-state index >= 15 is 0 Å². The van der Waals surface area contributed by atoms with E-state index in [2.05, 4.69) is 9.71 Å². The van der Waals surface area contributed by atoms with Crippen LogP contribution in [0.25, 0.3) is 10.8 Å². The Labute approximate surface area is 333 Å². The number of carbonyl (C=O) groups is 4. The predicted octanol–water partition coefficient (Wildman–Crippen LogP) is 6.55. The Hall–Kier alpha value is -4.14. The highest BCUT2D eigenvalue weighted by atomic mass is 32.2. The van der Waals surface area contributed by atoms with E-state index in [-0.39, 0.29) is 49.4 Å². The Balaban J connectivity index is 1.37. The molecule has 0 spiro atoms. The molecule has 2 saturated carbocycles. The second kappa shape index (κ2) is 16.2. The molecular formula is C42H55F2N3O9S. The van der Waals surface area contributed by atoms with Crippen molar-refractivity contribution in [2.24, 2.45) is 29.1 Å². The molecule has 1 N–H and O–H groups in total. The fourth-order valence-electron chi connectivity index (χ4n) is 8.46. The van der Waals surface area contributed by atoms with Crippen molar-refractivity contribution in [2.75, 3.05) is 13.7 Å². The van der Waals surface area contributed by atoms with Crippen LogP contribution in [0.15, 0.2) is 42.6 Å². The molecule has 1 aromatic heterocycles. The molecule has 57 heavy (non-hydrogen) atoms. The van der Waals surface area contributed by atoms with Crippen molar-refractivity contribution in [3.63, 3.8) is 0 Å². The van der Waals surface area contributed by atoms with E-state index in [0.717, 1.165) is 25.7 Å². The normalized spacial score (nSPS) is 29.7. The lowest BCUT2D eigenvalue weighted by atomic mass is 9.79. The maximum Gasteiger partial charge on any atom is 0.307 e. The van der Waals surface area contributed by atoms with Gasteiger partial charge in [-0.3, -0.25) is 23.9 Å². The molecule has 3 heterocycles. The standard InChI is InChI=1S/C42H55F2N3O9S/c1-7-26-18-25(2)12-8-9-13-27-21-42(27,39(51)46-57(52,53)41(5)16-17-41)22-33(48)32-19-28(55-36-30-15-11-10-14-29(30)34(54-6)23-45-36)24-47(32)37(50)31(26)20-35(49)56-40(3,4)38(43)44/h9-11,13-15,23,25-28,31-32,38H,7-8,12,16-22,24H2,1-6H3,(H,46,51)/b13-9-/t25-,26+,27+,28+,31-,32-,42+/m0/s1. The Kier molecular flexibility index (Phi) is 12.1. The molecule has 15 heteroatoms. The van der Waals surface area contributed by atoms with Crippen LogP contribution in [0.2, 0.25) is 0 Å². The average Bonchev–Trinajstić information content (AvgIpc) is 4.04. The van der Waals surface area contributed by atoms with Crippen LogP contribution in [0.4, 0.5) is 8.78 Å². The first-order valence-electron chi connectivity index (χ1n) is 20.0. The first kappa shape index (κ1) is 42.5. The zero-order valence-corrected chi connectivity index (χ0v) is 34.4. The number of hydrogen-bond acceptors (Lipinski definition) is 10. The highest BCUT2D eigenvalue weighted by Gasteiger charge is 2.63. The van der Waals surface area contributed by atoms with Gasteiger partial charge in [-0.25, -0.2) is 22.2 Å². The first-order valence-corrected chi connectivity index (χ1v) is 21.5. The third kappa shape index (κ3) is 8.83. The number of amides is 2. The van der Waals surface area contributed by atoms with Crippen LogP contribution in [0, 0.1) is 29.1 Å². The summed E-state index contributed by atoms with van der Waals surface area (Å²) in [5.74, 6) is -3.52. The van der Waals surface area contributed by atoms with E-state index < -0.39 is 80.3 Å². The van der Waals surface area contributed by atoms with Gasteiger partial charge in [-0.05, 0) is 83.1 Å². The monoisotopic (exact) mass is 815 g/mol. The fourth-order valence-corrected chi connectivity index (χ4v) is 9.79. The molecule has 0 unspecified atom stereocenters. The summed E-state index contributed by atoms with van der Waals surface area (Å²) in [5, 5.41) is 1.39. The second-order valence-electron chi connectivity index (χ2n) is 17.4. The zero-order valence-electron chi connectivity index (χ0n) is 33.6. The summed E-state index contributed by atoms with van der Waals surface area (Å²) >= 11 is 0. The number of esters is 1. The summed E-state index contributed by atoms with van der Waals surface area (Å²) in [5.41, 5.74) is -3.42. The highest BCUT2D eigenvalue weighted by molar-refractivity contribution is 7.91. The molecule has 4 aliphatic rings. The fraction of sp³-hybridized carbons (Fsp3) is 0.643. The van der Waals surface area contributed by atoms with Gasteiger partial charge in [-0.1, -0.05) is 50.6 Å².